The van der Waals surface area contributed by atoms with Crippen LogP contribution in [-0.4, -0.2) is 34.7 Å². The van der Waals surface area contributed by atoms with Crippen molar-refractivity contribution in [3.63, 3.8) is 0 Å². The summed E-state index contributed by atoms with van der Waals surface area (Å²) in [5.41, 5.74) is 0.870. The van der Waals surface area contributed by atoms with Crippen LogP contribution in [0.3, 0.4) is 0 Å². The van der Waals surface area contributed by atoms with Crippen molar-refractivity contribution in [3.05, 3.63) is 45.6 Å². The number of ketones is 1. The molecule has 2 aliphatic rings. The van der Waals surface area contributed by atoms with Crippen LogP contribution >= 0.6 is 23.2 Å². The maximum Gasteiger partial charge on any atom is 0.170 e. The molecule has 3 heterocycles. The second kappa shape index (κ2) is 6.15. The first-order chi connectivity index (χ1) is 12.0. The molecule has 0 aliphatic carbocycles. The number of aryl methyl sites for hydroxylation is 1. The van der Waals surface area contributed by atoms with Gasteiger partial charge in [-0.3, -0.25) is 4.79 Å². The minimum atomic E-state index is -0.504. The van der Waals surface area contributed by atoms with Crippen molar-refractivity contribution in [2.75, 3.05) is 18.0 Å². The Morgan fingerprint density at radius 1 is 1.16 bits per heavy atom. The Hall–Kier alpha value is -1.85. The van der Waals surface area contributed by atoms with E-state index >= 15 is 0 Å². The summed E-state index contributed by atoms with van der Waals surface area (Å²) in [5.74, 6) is 1.35. The highest BCUT2D eigenvalue weighted by Gasteiger charge is 2.44. The van der Waals surface area contributed by atoms with Gasteiger partial charge < -0.3 is 9.64 Å². The van der Waals surface area contributed by atoms with Crippen LogP contribution in [0, 0.1) is 6.92 Å². The SMILES string of the molecule is Cc1ccc(N2CCC3(CC2)CC(=O)c2cc(Cl)cc(Cl)c2O3)nn1. The van der Waals surface area contributed by atoms with Crippen molar-refractivity contribution in [1.82, 2.24) is 10.2 Å². The van der Waals surface area contributed by atoms with Crippen molar-refractivity contribution in [2.24, 2.45) is 0 Å². The Kier molecular flexibility index (Phi) is 4.08. The molecule has 130 valence electrons. The van der Waals surface area contributed by atoms with Crippen molar-refractivity contribution in [1.29, 1.82) is 0 Å². The van der Waals surface area contributed by atoms with Gasteiger partial charge in [0.1, 0.15) is 11.4 Å². The zero-order valence-corrected chi connectivity index (χ0v) is 15.3. The number of Topliss-reactive ketones (excluding diaryl/α,β-unsaturated/α-hetero) is 1. The van der Waals surface area contributed by atoms with Gasteiger partial charge in [-0.05, 0) is 31.2 Å². The lowest BCUT2D eigenvalue weighted by molar-refractivity contribution is 0.0231. The molecule has 0 saturated carbocycles. The van der Waals surface area contributed by atoms with Crippen LogP contribution in [0.4, 0.5) is 5.82 Å². The Morgan fingerprint density at radius 2 is 1.92 bits per heavy atom. The van der Waals surface area contributed by atoms with Crippen LogP contribution in [0.25, 0.3) is 0 Å². The lowest BCUT2D eigenvalue weighted by atomic mass is 9.82. The van der Waals surface area contributed by atoms with Gasteiger partial charge in [0.2, 0.25) is 0 Å². The number of carbonyl (C=O) groups excluding carboxylic acids is 1. The second-order valence-electron chi connectivity index (χ2n) is 6.67. The Morgan fingerprint density at radius 3 is 2.60 bits per heavy atom. The molecule has 1 fully saturated rings. The third-order valence-corrected chi connectivity index (χ3v) is 5.39. The van der Waals surface area contributed by atoms with Crippen molar-refractivity contribution in [3.8, 4) is 5.75 Å². The molecule has 0 atom stereocenters. The van der Waals surface area contributed by atoms with Crippen LogP contribution in [0.15, 0.2) is 24.3 Å². The van der Waals surface area contributed by atoms with E-state index in [2.05, 4.69) is 15.1 Å². The number of hydrogen-bond donors (Lipinski definition) is 0. The molecule has 0 unspecified atom stereocenters. The quantitative estimate of drug-likeness (QED) is 0.748. The number of benzene rings is 1. The fourth-order valence-electron chi connectivity index (χ4n) is 3.49. The van der Waals surface area contributed by atoms with Gasteiger partial charge in [0.15, 0.2) is 11.6 Å². The van der Waals surface area contributed by atoms with Crippen molar-refractivity contribution in [2.45, 2.75) is 31.8 Å². The fourth-order valence-corrected chi connectivity index (χ4v) is 4.03. The number of carbonyl (C=O) groups is 1. The standard InChI is InChI=1S/C18H17Cl2N3O2/c1-11-2-3-16(22-21-11)23-6-4-18(5-7-23)10-15(24)13-8-12(19)9-14(20)17(13)25-18/h2-3,8-9H,4-7,10H2,1H3. The average molecular weight is 378 g/mol. The lowest BCUT2D eigenvalue weighted by Crippen LogP contribution is -2.51. The molecule has 25 heavy (non-hydrogen) atoms. The molecule has 7 heteroatoms. The molecule has 1 aromatic heterocycles. The third-order valence-electron chi connectivity index (χ3n) is 4.89. The first-order valence-electron chi connectivity index (χ1n) is 8.22. The molecule has 1 aromatic carbocycles. The highest BCUT2D eigenvalue weighted by Crippen LogP contribution is 2.44. The number of aromatic nitrogens is 2. The Balaban J connectivity index is 1.55. The zero-order chi connectivity index (χ0) is 17.6. The zero-order valence-electron chi connectivity index (χ0n) is 13.8. The van der Waals surface area contributed by atoms with Crippen LogP contribution in [0.1, 0.15) is 35.3 Å². The summed E-state index contributed by atoms with van der Waals surface area (Å²) in [6.45, 7) is 3.42. The molecule has 0 radical (unpaired) electrons. The summed E-state index contributed by atoms with van der Waals surface area (Å²) in [7, 11) is 0. The Bertz CT molecular complexity index is 831. The van der Waals surface area contributed by atoms with E-state index in [1.807, 2.05) is 19.1 Å². The topological polar surface area (TPSA) is 55.3 Å². The first kappa shape index (κ1) is 16.6. The molecule has 1 saturated heterocycles. The van der Waals surface area contributed by atoms with Gasteiger partial charge in [0.05, 0.1) is 22.7 Å². The number of ether oxygens (including phenoxy) is 1. The van der Waals surface area contributed by atoms with E-state index in [0.29, 0.717) is 27.8 Å². The summed E-state index contributed by atoms with van der Waals surface area (Å²) >= 11 is 12.3. The van der Waals surface area contributed by atoms with Crippen molar-refractivity contribution < 1.29 is 9.53 Å². The van der Waals surface area contributed by atoms with Gasteiger partial charge in [0.25, 0.3) is 0 Å². The van der Waals surface area contributed by atoms with E-state index in [0.717, 1.165) is 37.4 Å². The van der Waals surface area contributed by atoms with Gasteiger partial charge in [-0.1, -0.05) is 23.2 Å². The van der Waals surface area contributed by atoms with Gasteiger partial charge in [-0.25, -0.2) is 0 Å². The van der Waals surface area contributed by atoms with Crippen LogP contribution in [-0.2, 0) is 0 Å². The number of rotatable bonds is 1. The summed E-state index contributed by atoms with van der Waals surface area (Å²) in [4.78, 5) is 14.8. The summed E-state index contributed by atoms with van der Waals surface area (Å²) in [6, 6.07) is 7.18. The highest BCUT2D eigenvalue weighted by atomic mass is 35.5. The molecule has 0 N–H and O–H groups in total. The monoisotopic (exact) mass is 377 g/mol. The van der Waals surface area contributed by atoms with Gasteiger partial charge in [0, 0.05) is 31.0 Å². The van der Waals surface area contributed by atoms with Gasteiger partial charge in [-0.15, -0.1) is 5.10 Å². The second-order valence-corrected chi connectivity index (χ2v) is 7.51. The summed E-state index contributed by atoms with van der Waals surface area (Å²) in [6.07, 6.45) is 1.81. The van der Waals surface area contributed by atoms with E-state index in [1.54, 1.807) is 12.1 Å². The minimum Gasteiger partial charge on any atom is -0.484 e. The normalized spacial score (nSPS) is 18.8. The first-order valence-corrected chi connectivity index (χ1v) is 8.98. The number of nitrogens with zero attached hydrogens (tertiary/aromatic N) is 3. The maximum absolute atomic E-state index is 12.6. The van der Waals surface area contributed by atoms with Gasteiger partial charge >= 0.3 is 0 Å². The molecule has 0 bridgehead atoms. The largest absolute Gasteiger partial charge is 0.484 e. The smallest absolute Gasteiger partial charge is 0.170 e. The fraction of sp³-hybridized carbons (Fsp3) is 0.389. The van der Waals surface area contributed by atoms with E-state index in [9.17, 15) is 4.79 Å². The summed E-state index contributed by atoms with van der Waals surface area (Å²) < 4.78 is 6.25. The number of anilines is 1. The summed E-state index contributed by atoms with van der Waals surface area (Å²) in [5, 5.41) is 9.19. The maximum atomic E-state index is 12.6. The molecule has 5 nitrogen and oxygen atoms in total. The predicted octanol–water partition coefficient (Wildman–Crippen LogP) is 4.10. The molecule has 0 amide bonds. The van der Waals surface area contributed by atoms with Gasteiger partial charge in [-0.2, -0.15) is 5.10 Å². The molecular formula is C18H17Cl2N3O2. The minimum absolute atomic E-state index is 0.0363. The number of piperidine rings is 1. The lowest BCUT2D eigenvalue weighted by Gasteiger charge is -2.44. The Labute approximate surface area is 155 Å². The van der Waals surface area contributed by atoms with Crippen LogP contribution in [0.2, 0.25) is 10.0 Å². The van der Waals surface area contributed by atoms with E-state index in [4.69, 9.17) is 27.9 Å². The molecule has 1 spiro atoms. The van der Waals surface area contributed by atoms with E-state index in [1.165, 1.54) is 0 Å². The molecule has 2 aromatic rings. The molecular weight excluding hydrogens is 361 g/mol. The number of halogens is 2. The molecule has 4 rings (SSSR count). The third kappa shape index (κ3) is 3.07. The number of fused-ring (bicyclic) bond motifs is 1. The molecule has 2 aliphatic heterocycles. The van der Waals surface area contributed by atoms with Crippen LogP contribution in [0.5, 0.6) is 5.75 Å². The average Bonchev–Trinajstić information content (AvgIpc) is 2.58. The van der Waals surface area contributed by atoms with E-state index < -0.39 is 5.60 Å². The number of hydrogen-bond acceptors (Lipinski definition) is 5. The van der Waals surface area contributed by atoms with E-state index in [-0.39, 0.29) is 5.78 Å². The highest BCUT2D eigenvalue weighted by molar-refractivity contribution is 6.36. The van der Waals surface area contributed by atoms with Crippen molar-refractivity contribution >= 4 is 34.8 Å². The van der Waals surface area contributed by atoms with Crippen LogP contribution < -0.4 is 9.64 Å². The predicted molar refractivity (Wildman–Crippen MR) is 97.0 cm³/mol.